The lowest BCUT2D eigenvalue weighted by Crippen LogP contribution is -2.36. The predicted octanol–water partition coefficient (Wildman–Crippen LogP) is 4.80. The maximum atomic E-state index is 12.2. The first-order valence-corrected chi connectivity index (χ1v) is 9.60. The number of thiocarbonyl (C=S) groups is 1. The Kier molecular flexibility index (Phi) is 7.88. The van der Waals surface area contributed by atoms with Gasteiger partial charge in [-0.05, 0) is 75.0 Å². The average Bonchev–Trinajstić information content (AvgIpc) is 3.07. The van der Waals surface area contributed by atoms with Gasteiger partial charge in [0.1, 0.15) is 5.75 Å². The van der Waals surface area contributed by atoms with Crippen LogP contribution in [-0.4, -0.2) is 48.5 Å². The molecule has 0 spiro atoms. The zero-order valence-corrected chi connectivity index (χ0v) is 16.8. The largest absolute Gasteiger partial charge is 0.573 e. The summed E-state index contributed by atoms with van der Waals surface area (Å²) in [5, 5.41) is 5.65. The van der Waals surface area contributed by atoms with Crippen molar-refractivity contribution in [2.45, 2.75) is 19.3 Å². The Bertz CT molecular complexity index is 704. The number of halogens is 3. The summed E-state index contributed by atoms with van der Waals surface area (Å²) in [4.78, 5) is 5.36. The first kappa shape index (κ1) is 21.5. The molecule has 2 aromatic rings. The summed E-state index contributed by atoms with van der Waals surface area (Å²) in [6, 6.07) is 9.58. The summed E-state index contributed by atoms with van der Waals surface area (Å²) >= 11 is 7.18. The SMILES string of the molecule is CN(C)CCCN(Cc1cccs1)C(=S)Nc1ccc(OC(F)(F)F)cc1. The summed E-state index contributed by atoms with van der Waals surface area (Å²) in [6.07, 6.45) is -3.76. The number of anilines is 1. The van der Waals surface area contributed by atoms with Gasteiger partial charge in [-0.3, -0.25) is 0 Å². The first-order valence-electron chi connectivity index (χ1n) is 8.32. The minimum absolute atomic E-state index is 0.264. The van der Waals surface area contributed by atoms with Gasteiger partial charge in [0, 0.05) is 17.1 Å². The van der Waals surface area contributed by atoms with Crippen LogP contribution < -0.4 is 10.1 Å². The van der Waals surface area contributed by atoms with Gasteiger partial charge in [-0.2, -0.15) is 0 Å². The normalized spacial score (nSPS) is 11.5. The number of alkyl halides is 3. The van der Waals surface area contributed by atoms with E-state index in [1.54, 1.807) is 11.3 Å². The standard InChI is InChI=1S/C18H22F3N3OS2/c1-23(2)10-4-11-24(13-16-5-3-12-27-16)17(26)22-14-6-8-15(9-7-14)25-18(19,20)21/h3,5-9,12H,4,10-11,13H2,1-2H3,(H,22,26). The maximum Gasteiger partial charge on any atom is 0.573 e. The van der Waals surface area contributed by atoms with Crippen molar-refractivity contribution >= 4 is 34.4 Å². The van der Waals surface area contributed by atoms with E-state index in [1.165, 1.54) is 29.1 Å². The molecule has 0 amide bonds. The minimum atomic E-state index is -4.70. The van der Waals surface area contributed by atoms with Crippen molar-refractivity contribution < 1.29 is 17.9 Å². The Labute approximate surface area is 166 Å². The van der Waals surface area contributed by atoms with Gasteiger partial charge in [0.2, 0.25) is 0 Å². The molecule has 0 radical (unpaired) electrons. The zero-order valence-electron chi connectivity index (χ0n) is 15.1. The number of rotatable bonds is 8. The average molecular weight is 418 g/mol. The van der Waals surface area contributed by atoms with Crippen molar-refractivity contribution in [1.82, 2.24) is 9.80 Å². The van der Waals surface area contributed by atoms with Crippen LogP contribution in [0.1, 0.15) is 11.3 Å². The van der Waals surface area contributed by atoms with Crippen molar-refractivity contribution in [3.63, 3.8) is 0 Å². The van der Waals surface area contributed by atoms with Crippen LogP contribution in [-0.2, 0) is 6.54 Å². The third-order valence-corrected chi connectivity index (χ3v) is 4.81. The lowest BCUT2D eigenvalue weighted by Gasteiger charge is -2.26. The van der Waals surface area contributed by atoms with E-state index in [4.69, 9.17) is 12.2 Å². The van der Waals surface area contributed by atoms with Crippen molar-refractivity contribution in [3.05, 3.63) is 46.7 Å². The quantitative estimate of drug-likeness (QED) is 0.623. The molecular formula is C18H22F3N3OS2. The molecule has 148 valence electrons. The summed E-state index contributed by atoms with van der Waals surface area (Å²) in [7, 11) is 4.04. The molecule has 0 bridgehead atoms. The van der Waals surface area contributed by atoms with Gasteiger partial charge in [-0.15, -0.1) is 24.5 Å². The van der Waals surface area contributed by atoms with Crippen molar-refractivity contribution in [2.75, 3.05) is 32.5 Å². The van der Waals surface area contributed by atoms with Crippen molar-refractivity contribution in [2.24, 2.45) is 0 Å². The minimum Gasteiger partial charge on any atom is -0.406 e. The van der Waals surface area contributed by atoms with E-state index in [2.05, 4.69) is 25.9 Å². The number of nitrogens with one attached hydrogen (secondary N) is 1. The van der Waals surface area contributed by atoms with Gasteiger partial charge in [0.25, 0.3) is 0 Å². The van der Waals surface area contributed by atoms with Gasteiger partial charge < -0.3 is 19.9 Å². The monoisotopic (exact) mass is 417 g/mol. The lowest BCUT2D eigenvalue weighted by molar-refractivity contribution is -0.274. The third kappa shape index (κ3) is 8.15. The van der Waals surface area contributed by atoms with E-state index in [0.717, 1.165) is 19.5 Å². The zero-order chi connectivity index (χ0) is 19.9. The molecule has 0 unspecified atom stereocenters. The van der Waals surface area contributed by atoms with E-state index >= 15 is 0 Å². The van der Waals surface area contributed by atoms with Gasteiger partial charge in [-0.1, -0.05) is 6.07 Å². The molecule has 0 aliphatic rings. The topological polar surface area (TPSA) is 27.7 Å². The summed E-state index contributed by atoms with van der Waals surface area (Å²) in [6.45, 7) is 2.40. The van der Waals surface area contributed by atoms with Crippen molar-refractivity contribution in [1.29, 1.82) is 0 Å². The Morgan fingerprint density at radius 2 is 1.85 bits per heavy atom. The van der Waals surface area contributed by atoms with E-state index in [1.807, 2.05) is 25.5 Å². The molecule has 1 N–H and O–H groups in total. The number of nitrogens with zero attached hydrogens (tertiary/aromatic N) is 2. The maximum absolute atomic E-state index is 12.2. The van der Waals surface area contributed by atoms with E-state index in [-0.39, 0.29) is 5.75 Å². The first-order chi connectivity index (χ1) is 12.7. The highest BCUT2D eigenvalue weighted by Gasteiger charge is 2.30. The highest BCUT2D eigenvalue weighted by Crippen LogP contribution is 2.24. The molecule has 0 saturated heterocycles. The Hall–Kier alpha value is -1.84. The van der Waals surface area contributed by atoms with E-state index < -0.39 is 6.36 Å². The van der Waals surface area contributed by atoms with Crippen LogP contribution in [0.2, 0.25) is 0 Å². The molecule has 9 heteroatoms. The second-order valence-corrected chi connectivity index (χ2v) is 7.58. The Morgan fingerprint density at radius 1 is 1.15 bits per heavy atom. The highest BCUT2D eigenvalue weighted by molar-refractivity contribution is 7.80. The van der Waals surface area contributed by atoms with Crippen molar-refractivity contribution in [3.8, 4) is 5.75 Å². The highest BCUT2D eigenvalue weighted by atomic mass is 32.1. The van der Waals surface area contributed by atoms with Crippen LogP contribution in [0.25, 0.3) is 0 Å². The fourth-order valence-corrected chi connectivity index (χ4v) is 3.36. The van der Waals surface area contributed by atoms with Crippen LogP contribution in [0.15, 0.2) is 41.8 Å². The second kappa shape index (κ2) is 9.91. The second-order valence-electron chi connectivity index (χ2n) is 6.16. The third-order valence-electron chi connectivity index (χ3n) is 3.59. The molecule has 1 aromatic carbocycles. The molecule has 0 aliphatic heterocycles. The number of benzene rings is 1. The van der Waals surface area contributed by atoms with Crippen LogP contribution in [0, 0.1) is 0 Å². The summed E-state index contributed by atoms with van der Waals surface area (Å²) in [5.74, 6) is -0.264. The van der Waals surface area contributed by atoms with E-state index in [0.29, 0.717) is 17.3 Å². The predicted molar refractivity (Wildman–Crippen MR) is 107 cm³/mol. The van der Waals surface area contributed by atoms with Crippen LogP contribution in [0.4, 0.5) is 18.9 Å². The molecule has 1 heterocycles. The molecule has 0 atom stereocenters. The molecule has 1 aromatic heterocycles. The molecule has 0 saturated carbocycles. The van der Waals surface area contributed by atoms with Crippen LogP contribution in [0.3, 0.4) is 0 Å². The van der Waals surface area contributed by atoms with E-state index in [9.17, 15) is 13.2 Å². The molecule has 4 nitrogen and oxygen atoms in total. The molecule has 2 rings (SSSR count). The molecule has 27 heavy (non-hydrogen) atoms. The van der Waals surface area contributed by atoms with Crippen LogP contribution in [0.5, 0.6) is 5.75 Å². The Balaban J connectivity index is 1.98. The molecular weight excluding hydrogens is 395 g/mol. The lowest BCUT2D eigenvalue weighted by atomic mass is 10.3. The number of hydrogen-bond acceptors (Lipinski definition) is 4. The number of thiophene rings is 1. The van der Waals surface area contributed by atoms with Gasteiger partial charge in [-0.25, -0.2) is 0 Å². The summed E-state index contributed by atoms with van der Waals surface area (Å²) in [5.41, 5.74) is 0.610. The number of hydrogen-bond donors (Lipinski definition) is 1. The number of ether oxygens (including phenoxy) is 1. The molecule has 0 aliphatic carbocycles. The fraction of sp³-hybridized carbons (Fsp3) is 0.389. The molecule has 0 fully saturated rings. The Morgan fingerprint density at radius 3 is 2.41 bits per heavy atom. The fourth-order valence-electron chi connectivity index (χ4n) is 2.36. The van der Waals surface area contributed by atoms with Gasteiger partial charge in [0.15, 0.2) is 5.11 Å². The summed E-state index contributed by atoms with van der Waals surface area (Å²) < 4.78 is 40.6. The van der Waals surface area contributed by atoms with Gasteiger partial charge >= 0.3 is 6.36 Å². The van der Waals surface area contributed by atoms with Gasteiger partial charge in [0.05, 0.1) is 6.54 Å². The van der Waals surface area contributed by atoms with Crippen LogP contribution >= 0.6 is 23.6 Å². The smallest absolute Gasteiger partial charge is 0.406 e.